The molecule has 0 aromatic carbocycles. The minimum atomic E-state index is -2.36. The maximum Gasteiger partial charge on any atom is 0.329 e. The summed E-state index contributed by atoms with van der Waals surface area (Å²) < 4.78 is 15.6. The van der Waals surface area contributed by atoms with Crippen LogP contribution in [0, 0.1) is 5.41 Å². The highest BCUT2D eigenvalue weighted by Crippen LogP contribution is 2.57. The van der Waals surface area contributed by atoms with E-state index < -0.39 is 11.7 Å². The molecule has 0 radical (unpaired) electrons. The number of ether oxygens (including phenoxy) is 1. The molecule has 0 saturated carbocycles. The molecule has 1 rings (SSSR count). The lowest BCUT2D eigenvalue weighted by atomic mass is 9.94. The Hall–Kier alpha value is 0.350. The smallest absolute Gasteiger partial charge is 0.329 e. The Morgan fingerprint density at radius 3 is 2.67 bits per heavy atom. The zero-order valence-electron chi connectivity index (χ0n) is 8.21. The van der Waals surface area contributed by atoms with Crippen molar-refractivity contribution in [2.75, 3.05) is 26.4 Å². The maximum absolute atomic E-state index is 10.2. The molecule has 5 nitrogen and oxygen atoms in total. The molecule has 0 spiro atoms. The van der Waals surface area contributed by atoms with Crippen molar-refractivity contribution in [2.24, 2.45) is 5.41 Å². The van der Waals surface area contributed by atoms with Gasteiger partial charge in [0.2, 0.25) is 5.69 Å². The molecule has 1 aliphatic heterocycles. The molecule has 15 heavy (non-hydrogen) atoms. The van der Waals surface area contributed by atoms with Crippen molar-refractivity contribution in [1.29, 1.82) is 0 Å². The molecular weight excluding hydrogens is 259 g/mol. The van der Waals surface area contributed by atoms with Gasteiger partial charge in [0.05, 0.1) is 19.8 Å². The summed E-state index contributed by atoms with van der Waals surface area (Å²) in [7, 11) is 0. The van der Waals surface area contributed by atoms with Gasteiger partial charge in [-0.1, -0.05) is 19.2 Å². The first-order chi connectivity index (χ1) is 6.83. The molecule has 0 atom stereocenters. The summed E-state index contributed by atoms with van der Waals surface area (Å²) in [6.45, 7) is 2.60. The Bertz CT molecular complexity index is 283. The first kappa shape index (κ1) is 13.4. The van der Waals surface area contributed by atoms with E-state index in [0.29, 0.717) is 13.2 Å². The van der Waals surface area contributed by atoms with Crippen LogP contribution in [0.2, 0.25) is 0 Å². The summed E-state index contributed by atoms with van der Waals surface area (Å²) in [4.78, 5) is 10.2. The maximum atomic E-state index is 10.2. The molecule has 0 aliphatic carbocycles. The Morgan fingerprint density at radius 2 is 2.20 bits per heavy atom. The van der Waals surface area contributed by atoms with Crippen LogP contribution in [0.3, 0.4) is 0 Å². The van der Waals surface area contributed by atoms with Crippen LogP contribution in [-0.2, 0) is 30.4 Å². The molecule has 8 heteroatoms. The number of aliphatic carboxylic acids is 1. The molecule has 1 heterocycles. The highest BCUT2D eigenvalue weighted by molar-refractivity contribution is 8.60. The van der Waals surface area contributed by atoms with E-state index in [2.05, 4.69) is 12.2 Å². The Labute approximate surface area is 98.4 Å². The van der Waals surface area contributed by atoms with Gasteiger partial charge >= 0.3 is 5.97 Å². The van der Waals surface area contributed by atoms with Gasteiger partial charge in [0.1, 0.15) is 6.61 Å². The summed E-state index contributed by atoms with van der Waals surface area (Å²) in [6, 6.07) is 0. The van der Waals surface area contributed by atoms with Crippen molar-refractivity contribution in [3.05, 3.63) is 0 Å². The zero-order chi connectivity index (χ0) is 11.5. The molecule has 0 aromatic rings. The third kappa shape index (κ3) is 4.80. The number of thiol groups is 1. The Balaban J connectivity index is 2.35. The number of hydrogen-bond acceptors (Lipinski definition) is 5. The molecular formula is C7H13O5PS2. The van der Waals surface area contributed by atoms with Gasteiger partial charge in [-0.2, -0.15) is 0 Å². The van der Waals surface area contributed by atoms with Gasteiger partial charge < -0.3 is 18.9 Å². The molecule has 1 aliphatic rings. The quantitative estimate of drug-likeness (QED) is 0.594. The van der Waals surface area contributed by atoms with Crippen LogP contribution >= 0.6 is 17.9 Å². The second kappa shape index (κ2) is 5.12. The van der Waals surface area contributed by atoms with Crippen LogP contribution in [0.15, 0.2) is 0 Å². The van der Waals surface area contributed by atoms with Gasteiger partial charge in [0, 0.05) is 5.41 Å². The van der Waals surface area contributed by atoms with E-state index in [0.717, 1.165) is 0 Å². The van der Waals surface area contributed by atoms with Gasteiger partial charge in [-0.05, 0) is 11.8 Å². The Kier molecular flexibility index (Phi) is 4.58. The van der Waals surface area contributed by atoms with E-state index in [1.807, 2.05) is 6.92 Å². The summed E-state index contributed by atoms with van der Waals surface area (Å²) in [6.07, 6.45) is 0. The first-order valence-corrected chi connectivity index (χ1v) is 8.04. The number of carboxylic acids is 1. The van der Waals surface area contributed by atoms with Crippen molar-refractivity contribution in [3.8, 4) is 0 Å². The summed E-state index contributed by atoms with van der Waals surface area (Å²) in [5.41, 5.74) is -2.71. The summed E-state index contributed by atoms with van der Waals surface area (Å²) in [5.74, 6) is -0.990. The number of rotatable bonds is 4. The summed E-state index contributed by atoms with van der Waals surface area (Å²) >= 11 is 9.01. The minimum Gasteiger partial charge on any atom is -0.480 e. The monoisotopic (exact) mass is 272 g/mol. The fraction of sp³-hybridized carbons (Fsp3) is 0.857. The molecule has 1 N–H and O–H groups in total. The van der Waals surface area contributed by atoms with Crippen molar-refractivity contribution in [3.63, 3.8) is 0 Å². The van der Waals surface area contributed by atoms with Gasteiger partial charge in [0.15, 0.2) is 0 Å². The highest BCUT2D eigenvalue weighted by Gasteiger charge is 2.35. The third-order valence-electron chi connectivity index (χ3n) is 1.83. The highest BCUT2D eigenvalue weighted by atomic mass is 32.9. The average Bonchev–Trinajstić information content (AvgIpc) is 2.11. The number of carbonyl (C=O) groups is 1. The van der Waals surface area contributed by atoms with Gasteiger partial charge in [-0.25, -0.2) is 4.79 Å². The first-order valence-electron chi connectivity index (χ1n) is 4.24. The van der Waals surface area contributed by atoms with E-state index in [1.165, 1.54) is 0 Å². The second-order valence-electron chi connectivity index (χ2n) is 3.71. The lowest BCUT2D eigenvalue weighted by Crippen LogP contribution is -2.36. The molecule has 0 unspecified atom stereocenters. The van der Waals surface area contributed by atoms with Crippen LogP contribution in [-0.4, -0.2) is 37.5 Å². The normalized spacial score (nSPS) is 36.4. The van der Waals surface area contributed by atoms with Crippen molar-refractivity contribution in [1.82, 2.24) is 0 Å². The average molecular weight is 272 g/mol. The molecule has 0 aromatic heterocycles. The Morgan fingerprint density at radius 1 is 1.67 bits per heavy atom. The van der Waals surface area contributed by atoms with E-state index in [-0.39, 0.29) is 18.6 Å². The van der Waals surface area contributed by atoms with Crippen LogP contribution in [0.5, 0.6) is 0 Å². The molecule has 0 bridgehead atoms. The van der Waals surface area contributed by atoms with Crippen LogP contribution in [0.1, 0.15) is 6.92 Å². The fourth-order valence-corrected chi connectivity index (χ4v) is 2.71. The molecule has 1 saturated heterocycles. The zero-order valence-corrected chi connectivity index (χ0v) is 10.8. The molecule has 1 fully saturated rings. The lowest BCUT2D eigenvalue weighted by molar-refractivity contribution is -0.144. The number of carboxylic acid groups (broad SMARTS) is 1. The van der Waals surface area contributed by atoms with Crippen molar-refractivity contribution in [2.45, 2.75) is 6.92 Å². The van der Waals surface area contributed by atoms with Crippen molar-refractivity contribution < 1.29 is 23.7 Å². The van der Waals surface area contributed by atoms with E-state index >= 15 is 0 Å². The van der Waals surface area contributed by atoms with E-state index in [9.17, 15) is 4.79 Å². The summed E-state index contributed by atoms with van der Waals surface area (Å²) in [5, 5.41) is 8.40. The van der Waals surface area contributed by atoms with Gasteiger partial charge in [0.25, 0.3) is 0 Å². The molecule has 88 valence electrons. The minimum absolute atomic E-state index is 0.266. The van der Waals surface area contributed by atoms with Gasteiger partial charge in [-0.15, -0.1) is 0 Å². The second-order valence-corrected chi connectivity index (χ2v) is 9.00. The lowest BCUT2D eigenvalue weighted by Gasteiger charge is -2.36. The fourth-order valence-electron chi connectivity index (χ4n) is 1.02. The topological polar surface area (TPSA) is 65.0 Å². The van der Waals surface area contributed by atoms with Crippen LogP contribution in [0.25, 0.3) is 0 Å². The van der Waals surface area contributed by atoms with Crippen molar-refractivity contribution >= 4 is 35.7 Å². The van der Waals surface area contributed by atoms with E-state index in [1.54, 1.807) is 0 Å². The number of hydrogen-bond donors (Lipinski definition) is 2. The predicted octanol–water partition coefficient (Wildman–Crippen LogP) is 1.29. The molecule has 0 amide bonds. The SMILES string of the molecule is CC1(COCC(=O)O)COP(=S)(S)OC1. The van der Waals surface area contributed by atoms with E-state index in [4.69, 9.17) is 30.7 Å². The van der Waals surface area contributed by atoms with Gasteiger partial charge in [-0.3, -0.25) is 0 Å². The van der Waals surface area contributed by atoms with Crippen LogP contribution < -0.4 is 0 Å². The third-order valence-corrected chi connectivity index (χ3v) is 4.06. The standard InChI is InChI=1S/C7H13O5PS2/c1-7(3-10-2-6(8)9)4-11-13(14,15)12-5-7/h2-5H2,1H3,(H,8,9)(H,14,15). The predicted molar refractivity (Wildman–Crippen MR) is 61.7 cm³/mol. The van der Waals surface area contributed by atoms with Crippen LogP contribution in [0.4, 0.5) is 0 Å². The largest absolute Gasteiger partial charge is 0.480 e.